The van der Waals surface area contributed by atoms with E-state index >= 15 is 0 Å². The van der Waals surface area contributed by atoms with Crippen molar-refractivity contribution in [2.45, 2.75) is 57.4 Å². The average Bonchev–Trinajstić information content (AvgIpc) is 2.73. The fourth-order valence-corrected chi connectivity index (χ4v) is 3.72. The van der Waals surface area contributed by atoms with Crippen LogP contribution in [0.25, 0.3) is 11.1 Å². The highest BCUT2D eigenvalue weighted by Gasteiger charge is 2.44. The fourth-order valence-electron chi connectivity index (χ4n) is 3.72. The SMILES string of the molecule is CCCCCCCC(Cc1ccc(-c2ccccc2)cc1)(C(=O)O)N(C)C(N)=O. The van der Waals surface area contributed by atoms with E-state index < -0.39 is 17.5 Å². The first-order chi connectivity index (χ1) is 13.9. The van der Waals surface area contributed by atoms with Crippen LogP contribution in [0.5, 0.6) is 0 Å². The van der Waals surface area contributed by atoms with Crippen LogP contribution in [0.1, 0.15) is 51.0 Å². The lowest BCUT2D eigenvalue weighted by atomic mass is 9.83. The second kappa shape index (κ2) is 10.6. The Kier molecular flexibility index (Phi) is 8.25. The van der Waals surface area contributed by atoms with Crippen LogP contribution >= 0.6 is 0 Å². The maximum atomic E-state index is 12.3. The van der Waals surface area contributed by atoms with Crippen molar-refractivity contribution in [2.75, 3.05) is 7.05 Å². The lowest BCUT2D eigenvalue weighted by Crippen LogP contribution is -2.58. The molecule has 1 unspecified atom stereocenters. The van der Waals surface area contributed by atoms with Crippen LogP contribution in [0, 0.1) is 0 Å². The van der Waals surface area contributed by atoms with Gasteiger partial charge in [-0.2, -0.15) is 0 Å². The molecular formula is C24H32N2O3. The summed E-state index contributed by atoms with van der Waals surface area (Å²) in [4.78, 5) is 25.4. The number of hydrogen-bond acceptors (Lipinski definition) is 2. The summed E-state index contributed by atoms with van der Waals surface area (Å²) < 4.78 is 0. The summed E-state index contributed by atoms with van der Waals surface area (Å²) in [5, 5.41) is 10.1. The standard InChI is InChI=1S/C24H32N2O3/c1-3-4-5-6-10-17-24(22(27)28,26(2)23(25)29)18-19-13-15-21(16-14-19)20-11-8-7-9-12-20/h7-9,11-16H,3-6,10,17-18H2,1-2H3,(H2,25,29)(H,27,28). The van der Waals surface area contributed by atoms with E-state index in [0.29, 0.717) is 6.42 Å². The molecule has 0 saturated carbocycles. The number of aliphatic carboxylic acids is 1. The van der Waals surface area contributed by atoms with Crippen LogP contribution < -0.4 is 5.73 Å². The minimum atomic E-state index is -1.34. The smallest absolute Gasteiger partial charge is 0.330 e. The molecular weight excluding hydrogens is 364 g/mol. The number of hydrogen-bond donors (Lipinski definition) is 2. The van der Waals surface area contributed by atoms with Crippen molar-refractivity contribution < 1.29 is 14.7 Å². The van der Waals surface area contributed by atoms with Crippen LogP contribution in [0.15, 0.2) is 54.6 Å². The molecule has 0 aliphatic rings. The van der Waals surface area contributed by atoms with Gasteiger partial charge in [-0.1, -0.05) is 93.6 Å². The first-order valence-corrected chi connectivity index (χ1v) is 10.3. The quantitative estimate of drug-likeness (QED) is 0.519. The topological polar surface area (TPSA) is 83.6 Å². The van der Waals surface area contributed by atoms with Gasteiger partial charge in [0.2, 0.25) is 0 Å². The number of carboxylic acids is 1. The molecule has 1 atom stereocenters. The number of carbonyl (C=O) groups excluding carboxylic acids is 1. The number of primary amides is 1. The Balaban J connectivity index is 2.23. The summed E-state index contributed by atoms with van der Waals surface area (Å²) in [7, 11) is 1.49. The molecule has 0 radical (unpaired) electrons. The molecule has 0 heterocycles. The maximum absolute atomic E-state index is 12.3. The number of rotatable bonds is 11. The number of nitrogens with zero attached hydrogens (tertiary/aromatic N) is 1. The number of carboxylic acid groups (broad SMARTS) is 1. The van der Waals surface area contributed by atoms with Gasteiger partial charge in [-0.25, -0.2) is 9.59 Å². The van der Waals surface area contributed by atoms with Gasteiger partial charge < -0.3 is 15.7 Å². The second-order valence-corrected chi connectivity index (χ2v) is 7.64. The van der Waals surface area contributed by atoms with Crippen molar-refractivity contribution in [1.82, 2.24) is 4.90 Å². The zero-order valence-electron chi connectivity index (χ0n) is 17.4. The third kappa shape index (κ3) is 5.83. The highest BCUT2D eigenvalue weighted by atomic mass is 16.4. The van der Waals surface area contributed by atoms with Gasteiger partial charge in [0.25, 0.3) is 0 Å². The number of nitrogens with two attached hydrogens (primary N) is 1. The lowest BCUT2D eigenvalue weighted by molar-refractivity contribution is -0.149. The zero-order valence-corrected chi connectivity index (χ0v) is 17.4. The van der Waals surface area contributed by atoms with E-state index in [-0.39, 0.29) is 6.42 Å². The van der Waals surface area contributed by atoms with Gasteiger partial charge in [0.15, 0.2) is 0 Å². The highest BCUT2D eigenvalue weighted by Crippen LogP contribution is 2.29. The van der Waals surface area contributed by atoms with E-state index in [4.69, 9.17) is 5.73 Å². The molecule has 2 amide bonds. The number of benzene rings is 2. The monoisotopic (exact) mass is 396 g/mol. The molecule has 2 rings (SSSR count). The van der Waals surface area contributed by atoms with Crippen molar-refractivity contribution in [1.29, 1.82) is 0 Å². The molecule has 3 N–H and O–H groups in total. The predicted molar refractivity (Wildman–Crippen MR) is 117 cm³/mol. The van der Waals surface area contributed by atoms with Crippen LogP contribution in [-0.2, 0) is 11.2 Å². The van der Waals surface area contributed by atoms with Crippen molar-refractivity contribution >= 4 is 12.0 Å². The minimum Gasteiger partial charge on any atom is -0.479 e. The largest absolute Gasteiger partial charge is 0.479 e. The third-order valence-corrected chi connectivity index (χ3v) is 5.62. The average molecular weight is 397 g/mol. The number of carbonyl (C=O) groups is 2. The van der Waals surface area contributed by atoms with Gasteiger partial charge >= 0.3 is 12.0 Å². The molecule has 0 aliphatic carbocycles. The summed E-state index contributed by atoms with van der Waals surface area (Å²) in [6.45, 7) is 2.14. The van der Waals surface area contributed by atoms with Gasteiger partial charge in [-0.15, -0.1) is 0 Å². The third-order valence-electron chi connectivity index (χ3n) is 5.62. The number of urea groups is 1. The molecule has 156 valence electrons. The van der Waals surface area contributed by atoms with Crippen molar-refractivity contribution in [3.63, 3.8) is 0 Å². The van der Waals surface area contributed by atoms with E-state index in [1.54, 1.807) is 0 Å². The first-order valence-electron chi connectivity index (χ1n) is 10.3. The summed E-state index contributed by atoms with van der Waals surface area (Å²) in [5.74, 6) is -1.01. The Labute approximate surface area is 173 Å². The van der Waals surface area contributed by atoms with Gasteiger partial charge in [0.1, 0.15) is 5.54 Å². The normalized spacial score (nSPS) is 12.9. The van der Waals surface area contributed by atoms with E-state index in [9.17, 15) is 14.7 Å². The molecule has 0 saturated heterocycles. The molecule has 0 spiro atoms. The Morgan fingerprint density at radius 1 is 0.931 bits per heavy atom. The summed E-state index contributed by atoms with van der Waals surface area (Å²) in [5.41, 5.74) is 7.19. The Hall–Kier alpha value is -2.82. The molecule has 0 fully saturated rings. The molecule has 0 aromatic heterocycles. The van der Waals surface area contributed by atoms with Gasteiger partial charge in [-0.3, -0.25) is 0 Å². The van der Waals surface area contributed by atoms with E-state index in [2.05, 4.69) is 6.92 Å². The highest BCUT2D eigenvalue weighted by molar-refractivity contribution is 5.86. The minimum absolute atomic E-state index is 0.227. The van der Waals surface area contributed by atoms with E-state index in [1.807, 2.05) is 54.6 Å². The van der Waals surface area contributed by atoms with E-state index in [1.165, 1.54) is 11.9 Å². The van der Waals surface area contributed by atoms with Gasteiger partial charge in [0.05, 0.1) is 0 Å². The van der Waals surface area contributed by atoms with Crippen molar-refractivity contribution in [3.8, 4) is 11.1 Å². The van der Waals surface area contributed by atoms with E-state index in [0.717, 1.165) is 48.8 Å². The first kappa shape index (κ1) is 22.5. The van der Waals surface area contributed by atoms with Gasteiger partial charge in [-0.05, 0) is 23.1 Å². The summed E-state index contributed by atoms with van der Waals surface area (Å²) in [6.07, 6.45) is 5.62. The van der Waals surface area contributed by atoms with Gasteiger partial charge in [0, 0.05) is 13.5 Å². The van der Waals surface area contributed by atoms with Crippen LogP contribution in [0.4, 0.5) is 4.79 Å². The number of likely N-dealkylation sites (N-methyl/N-ethyl adjacent to an activating group) is 1. The fraction of sp³-hybridized carbons (Fsp3) is 0.417. The van der Waals surface area contributed by atoms with Crippen molar-refractivity contribution in [2.24, 2.45) is 5.73 Å². The zero-order chi connectivity index (χ0) is 21.3. The Morgan fingerprint density at radius 2 is 1.52 bits per heavy atom. The molecule has 2 aromatic rings. The molecule has 29 heavy (non-hydrogen) atoms. The molecule has 5 nitrogen and oxygen atoms in total. The maximum Gasteiger partial charge on any atom is 0.330 e. The Bertz CT molecular complexity index is 790. The molecule has 0 aliphatic heterocycles. The number of amides is 2. The van der Waals surface area contributed by atoms with Crippen LogP contribution in [0.2, 0.25) is 0 Å². The second-order valence-electron chi connectivity index (χ2n) is 7.64. The Morgan fingerprint density at radius 3 is 2.07 bits per heavy atom. The number of unbranched alkanes of at least 4 members (excludes halogenated alkanes) is 4. The molecule has 0 bridgehead atoms. The van der Waals surface area contributed by atoms with Crippen LogP contribution in [-0.4, -0.2) is 34.6 Å². The lowest BCUT2D eigenvalue weighted by Gasteiger charge is -2.37. The predicted octanol–water partition coefficient (Wildman–Crippen LogP) is 5.09. The van der Waals surface area contributed by atoms with Crippen molar-refractivity contribution in [3.05, 3.63) is 60.2 Å². The van der Waals surface area contributed by atoms with Crippen LogP contribution in [0.3, 0.4) is 0 Å². The molecule has 2 aromatic carbocycles. The molecule has 5 heteroatoms. The summed E-state index contributed by atoms with van der Waals surface area (Å²) in [6, 6.07) is 17.1. The summed E-state index contributed by atoms with van der Waals surface area (Å²) >= 11 is 0.